The Morgan fingerprint density at radius 1 is 1.21 bits per heavy atom. The van der Waals surface area contributed by atoms with Crippen LogP contribution in [0.25, 0.3) is 0 Å². The first-order valence-electron chi connectivity index (χ1n) is 5.59. The molecular formula is C13H11BrF3NS. The Morgan fingerprint density at radius 3 is 2.63 bits per heavy atom. The summed E-state index contributed by atoms with van der Waals surface area (Å²) in [5.41, 5.74) is -0.182. The molecule has 1 heterocycles. The van der Waals surface area contributed by atoms with Crippen molar-refractivity contribution < 1.29 is 13.2 Å². The number of benzene rings is 1. The van der Waals surface area contributed by atoms with Gasteiger partial charge in [0, 0.05) is 21.6 Å². The highest BCUT2D eigenvalue weighted by molar-refractivity contribution is 9.10. The molecule has 0 fully saturated rings. The van der Waals surface area contributed by atoms with Crippen molar-refractivity contribution in [1.29, 1.82) is 0 Å². The van der Waals surface area contributed by atoms with Crippen LogP contribution < -0.4 is 5.32 Å². The first-order valence-corrected chi connectivity index (χ1v) is 7.26. The Morgan fingerprint density at radius 2 is 2.00 bits per heavy atom. The topological polar surface area (TPSA) is 12.0 Å². The second-order valence-corrected chi connectivity index (χ2v) is 5.93. The van der Waals surface area contributed by atoms with Gasteiger partial charge in [0.1, 0.15) is 0 Å². The molecule has 0 aliphatic rings. The van der Waals surface area contributed by atoms with E-state index in [9.17, 15) is 13.2 Å². The van der Waals surface area contributed by atoms with Gasteiger partial charge in [0.15, 0.2) is 0 Å². The first-order chi connectivity index (χ1) is 8.95. The van der Waals surface area contributed by atoms with Crippen LogP contribution >= 0.6 is 27.3 Å². The van der Waals surface area contributed by atoms with Crippen LogP contribution in [0.2, 0.25) is 0 Å². The first kappa shape index (κ1) is 14.4. The fraction of sp³-hybridized carbons (Fsp3) is 0.231. The van der Waals surface area contributed by atoms with Crippen molar-refractivity contribution in [3.63, 3.8) is 0 Å². The standard InChI is InChI=1S/C13H11BrF3NS/c14-10-6-9(13(15,16)17)7-11(8-10)18-4-3-12-2-1-5-19-12/h1-2,5-8,18H,3-4H2. The van der Waals surface area contributed by atoms with Crippen molar-refractivity contribution in [1.82, 2.24) is 0 Å². The summed E-state index contributed by atoms with van der Waals surface area (Å²) in [4.78, 5) is 1.21. The minimum absolute atomic E-state index is 0.418. The van der Waals surface area contributed by atoms with Crippen LogP contribution in [0.3, 0.4) is 0 Å². The minimum atomic E-state index is -4.33. The van der Waals surface area contributed by atoms with Crippen LogP contribution in [0.5, 0.6) is 0 Å². The number of anilines is 1. The smallest absolute Gasteiger partial charge is 0.385 e. The van der Waals surface area contributed by atoms with Crippen LogP contribution in [0, 0.1) is 0 Å². The third-order valence-corrected chi connectivity index (χ3v) is 3.90. The lowest BCUT2D eigenvalue weighted by atomic mass is 10.2. The quantitative estimate of drug-likeness (QED) is 0.801. The van der Waals surface area contributed by atoms with Gasteiger partial charge in [0.05, 0.1) is 5.56 Å². The number of halogens is 4. The fourth-order valence-electron chi connectivity index (χ4n) is 1.64. The monoisotopic (exact) mass is 349 g/mol. The zero-order chi connectivity index (χ0) is 13.9. The largest absolute Gasteiger partial charge is 0.416 e. The maximum Gasteiger partial charge on any atom is 0.416 e. The zero-order valence-electron chi connectivity index (χ0n) is 9.80. The molecule has 0 aliphatic heterocycles. The number of alkyl halides is 3. The fourth-order valence-corrected chi connectivity index (χ4v) is 2.84. The Kier molecular flexibility index (Phi) is 4.52. The van der Waals surface area contributed by atoms with Crippen molar-refractivity contribution in [2.24, 2.45) is 0 Å². The molecule has 0 atom stereocenters. The molecule has 2 rings (SSSR count). The summed E-state index contributed by atoms with van der Waals surface area (Å²) in [6.45, 7) is 0.605. The molecule has 1 aromatic heterocycles. The van der Waals surface area contributed by atoms with Gasteiger partial charge in [-0.3, -0.25) is 0 Å². The van der Waals surface area contributed by atoms with Crippen molar-refractivity contribution in [2.45, 2.75) is 12.6 Å². The predicted octanol–water partition coefficient (Wildman–Crippen LogP) is 5.18. The molecule has 1 aromatic carbocycles. The van der Waals surface area contributed by atoms with Gasteiger partial charge in [-0.15, -0.1) is 11.3 Å². The molecule has 0 spiro atoms. The zero-order valence-corrected chi connectivity index (χ0v) is 12.2. The molecule has 0 saturated carbocycles. The van der Waals surface area contributed by atoms with Crippen molar-refractivity contribution >= 4 is 33.0 Å². The molecule has 6 heteroatoms. The molecule has 1 N–H and O–H groups in total. The molecule has 0 bridgehead atoms. The van der Waals surface area contributed by atoms with Crippen LogP contribution in [-0.4, -0.2) is 6.54 Å². The van der Waals surface area contributed by atoms with E-state index in [2.05, 4.69) is 21.2 Å². The highest BCUT2D eigenvalue weighted by Crippen LogP contribution is 2.33. The second kappa shape index (κ2) is 5.96. The Hall–Kier alpha value is -1.01. The van der Waals surface area contributed by atoms with Gasteiger partial charge in [-0.05, 0) is 36.1 Å². The third kappa shape index (κ3) is 4.24. The Bertz CT molecular complexity index is 537. The van der Waals surface area contributed by atoms with Gasteiger partial charge in [-0.25, -0.2) is 0 Å². The second-order valence-electron chi connectivity index (χ2n) is 3.98. The lowest BCUT2D eigenvalue weighted by molar-refractivity contribution is -0.137. The van der Waals surface area contributed by atoms with E-state index in [0.717, 1.165) is 18.6 Å². The number of nitrogens with one attached hydrogen (secondary N) is 1. The average Bonchev–Trinajstić information content (AvgIpc) is 2.80. The Labute approximate surface area is 121 Å². The van der Waals surface area contributed by atoms with E-state index >= 15 is 0 Å². The molecule has 0 saturated heterocycles. The SMILES string of the molecule is FC(F)(F)c1cc(Br)cc(NCCc2cccs2)c1. The molecular weight excluding hydrogens is 339 g/mol. The van der Waals surface area contributed by atoms with E-state index in [-0.39, 0.29) is 0 Å². The van der Waals surface area contributed by atoms with Crippen molar-refractivity contribution in [3.05, 3.63) is 50.6 Å². The minimum Gasteiger partial charge on any atom is -0.385 e. The average molecular weight is 350 g/mol. The van der Waals surface area contributed by atoms with E-state index in [4.69, 9.17) is 0 Å². The summed E-state index contributed by atoms with van der Waals surface area (Å²) >= 11 is 4.74. The van der Waals surface area contributed by atoms with Gasteiger partial charge in [-0.2, -0.15) is 13.2 Å². The molecule has 0 aliphatic carbocycles. The number of rotatable bonds is 4. The molecule has 2 aromatic rings. The normalized spacial score (nSPS) is 11.6. The van der Waals surface area contributed by atoms with E-state index in [1.807, 2.05) is 17.5 Å². The summed E-state index contributed by atoms with van der Waals surface area (Å²) < 4.78 is 38.4. The third-order valence-electron chi connectivity index (χ3n) is 2.51. The van der Waals surface area contributed by atoms with Gasteiger partial charge in [0.25, 0.3) is 0 Å². The summed E-state index contributed by atoms with van der Waals surface area (Å²) in [5.74, 6) is 0. The highest BCUT2D eigenvalue weighted by atomic mass is 79.9. The number of thiophene rings is 1. The van der Waals surface area contributed by atoms with E-state index in [1.54, 1.807) is 17.4 Å². The molecule has 0 amide bonds. The van der Waals surface area contributed by atoms with Crippen molar-refractivity contribution in [2.75, 3.05) is 11.9 Å². The maximum absolute atomic E-state index is 12.6. The van der Waals surface area contributed by atoms with E-state index in [0.29, 0.717) is 16.7 Å². The van der Waals surface area contributed by atoms with Gasteiger partial charge < -0.3 is 5.32 Å². The molecule has 19 heavy (non-hydrogen) atoms. The van der Waals surface area contributed by atoms with E-state index < -0.39 is 11.7 Å². The summed E-state index contributed by atoms with van der Waals surface area (Å²) in [6, 6.07) is 7.81. The van der Waals surface area contributed by atoms with Crippen LogP contribution in [0.15, 0.2) is 40.2 Å². The van der Waals surface area contributed by atoms with E-state index in [1.165, 1.54) is 4.88 Å². The highest BCUT2D eigenvalue weighted by Gasteiger charge is 2.31. The lowest BCUT2D eigenvalue weighted by Crippen LogP contribution is -2.08. The summed E-state index contributed by atoms with van der Waals surface area (Å²) in [6.07, 6.45) is -3.53. The Balaban J connectivity index is 2.02. The number of hydrogen-bond acceptors (Lipinski definition) is 2. The van der Waals surface area contributed by atoms with Crippen LogP contribution in [-0.2, 0) is 12.6 Å². The summed E-state index contributed by atoms with van der Waals surface area (Å²) in [7, 11) is 0. The lowest BCUT2D eigenvalue weighted by Gasteiger charge is -2.11. The molecule has 0 radical (unpaired) electrons. The van der Waals surface area contributed by atoms with Gasteiger partial charge in [-0.1, -0.05) is 22.0 Å². The molecule has 1 nitrogen and oxygen atoms in total. The van der Waals surface area contributed by atoms with Crippen LogP contribution in [0.1, 0.15) is 10.4 Å². The van der Waals surface area contributed by atoms with Crippen molar-refractivity contribution in [3.8, 4) is 0 Å². The maximum atomic E-state index is 12.6. The molecule has 0 unspecified atom stereocenters. The molecule has 102 valence electrons. The van der Waals surface area contributed by atoms with Gasteiger partial charge >= 0.3 is 6.18 Å². The predicted molar refractivity (Wildman–Crippen MR) is 75.7 cm³/mol. The number of hydrogen-bond donors (Lipinski definition) is 1. The van der Waals surface area contributed by atoms with Crippen LogP contribution in [0.4, 0.5) is 18.9 Å². The van der Waals surface area contributed by atoms with Gasteiger partial charge in [0.2, 0.25) is 0 Å². The summed E-state index contributed by atoms with van der Waals surface area (Å²) in [5, 5.41) is 5.00.